The Morgan fingerprint density at radius 2 is 1.97 bits per heavy atom. The molecule has 1 N–H and O–H groups in total. The zero-order valence-corrected chi connectivity index (χ0v) is 15.7. The number of anilines is 2. The number of hydrogen-bond acceptors (Lipinski definition) is 4. The summed E-state index contributed by atoms with van der Waals surface area (Å²) in [6.07, 6.45) is -4.68. The van der Waals surface area contributed by atoms with Crippen LogP contribution in [-0.2, 0) is 4.79 Å². The Morgan fingerprint density at radius 3 is 2.55 bits per heavy atom. The molecule has 1 aliphatic rings. The molecule has 0 unspecified atom stereocenters. The van der Waals surface area contributed by atoms with E-state index in [1.54, 1.807) is 24.4 Å². The van der Waals surface area contributed by atoms with Gasteiger partial charge in [0.05, 0.1) is 5.02 Å². The highest BCUT2D eigenvalue weighted by Crippen LogP contribution is 2.29. The standard InChI is InChI=1S/C19H16ClF4N3O2/c20-15-2-1-9-25-16(15)27-10-7-12(8-11-27)17(28)26-13-3-5-14(6-4-13)29-19(23,24)18(21)22/h1-7,9,18H,8,10-11H2,(H,26,28). The Morgan fingerprint density at radius 1 is 1.24 bits per heavy atom. The molecule has 0 aliphatic carbocycles. The highest BCUT2D eigenvalue weighted by atomic mass is 35.5. The van der Waals surface area contributed by atoms with Crippen LogP contribution in [0.3, 0.4) is 0 Å². The van der Waals surface area contributed by atoms with E-state index in [0.29, 0.717) is 41.6 Å². The van der Waals surface area contributed by atoms with Crippen molar-refractivity contribution in [2.75, 3.05) is 23.3 Å². The van der Waals surface area contributed by atoms with Crippen molar-refractivity contribution in [1.82, 2.24) is 4.98 Å². The van der Waals surface area contributed by atoms with Crippen LogP contribution in [0.1, 0.15) is 6.42 Å². The van der Waals surface area contributed by atoms with Gasteiger partial charge in [0.15, 0.2) is 0 Å². The van der Waals surface area contributed by atoms with Crippen molar-refractivity contribution in [1.29, 1.82) is 0 Å². The van der Waals surface area contributed by atoms with Crippen molar-refractivity contribution in [3.63, 3.8) is 0 Å². The first-order chi connectivity index (χ1) is 13.8. The van der Waals surface area contributed by atoms with E-state index in [-0.39, 0.29) is 5.91 Å². The van der Waals surface area contributed by atoms with Crippen LogP contribution in [-0.4, -0.2) is 36.5 Å². The number of rotatable bonds is 6. The van der Waals surface area contributed by atoms with E-state index in [2.05, 4.69) is 15.0 Å². The van der Waals surface area contributed by atoms with Crippen molar-refractivity contribution < 1.29 is 27.1 Å². The smallest absolute Gasteiger partial charge is 0.428 e. The Bertz CT molecular complexity index is 907. The largest absolute Gasteiger partial charge is 0.461 e. The molecule has 5 nitrogen and oxygen atoms in total. The highest BCUT2D eigenvalue weighted by Gasteiger charge is 2.43. The number of hydrogen-bond donors (Lipinski definition) is 1. The molecule has 0 fully saturated rings. The van der Waals surface area contributed by atoms with Gasteiger partial charge < -0.3 is 15.0 Å². The van der Waals surface area contributed by atoms with E-state index >= 15 is 0 Å². The molecule has 0 bridgehead atoms. The molecule has 0 radical (unpaired) electrons. The summed E-state index contributed by atoms with van der Waals surface area (Å²) in [5.41, 5.74) is 0.872. The lowest BCUT2D eigenvalue weighted by atomic mass is 10.1. The van der Waals surface area contributed by atoms with Gasteiger partial charge in [-0.25, -0.2) is 4.98 Å². The van der Waals surface area contributed by atoms with Crippen molar-refractivity contribution in [2.24, 2.45) is 0 Å². The van der Waals surface area contributed by atoms with Crippen LogP contribution in [0, 0.1) is 0 Å². The zero-order chi connectivity index (χ0) is 21.0. The number of amides is 1. The van der Waals surface area contributed by atoms with Crippen LogP contribution < -0.4 is 15.0 Å². The van der Waals surface area contributed by atoms with Crippen LogP contribution in [0.2, 0.25) is 5.02 Å². The van der Waals surface area contributed by atoms with Gasteiger partial charge in [0, 0.05) is 30.5 Å². The number of nitrogens with zero attached hydrogens (tertiary/aromatic N) is 2. The van der Waals surface area contributed by atoms with E-state index in [4.69, 9.17) is 11.6 Å². The van der Waals surface area contributed by atoms with E-state index in [9.17, 15) is 22.4 Å². The molecule has 1 aliphatic heterocycles. The molecular formula is C19H16ClF4N3O2. The average molecular weight is 430 g/mol. The Kier molecular flexibility index (Phi) is 6.26. The lowest BCUT2D eigenvalue weighted by Crippen LogP contribution is -2.33. The van der Waals surface area contributed by atoms with Crippen LogP contribution in [0.25, 0.3) is 0 Å². The molecule has 0 spiro atoms. The summed E-state index contributed by atoms with van der Waals surface area (Å²) < 4.78 is 54.1. The number of aromatic nitrogens is 1. The fourth-order valence-corrected chi connectivity index (χ4v) is 2.94. The Balaban J connectivity index is 1.59. The molecule has 1 aromatic carbocycles. The van der Waals surface area contributed by atoms with E-state index < -0.39 is 18.3 Å². The van der Waals surface area contributed by atoms with Gasteiger partial charge in [0.1, 0.15) is 11.6 Å². The monoisotopic (exact) mass is 429 g/mol. The number of alkyl halides is 4. The second-order valence-electron chi connectivity index (χ2n) is 6.18. The van der Waals surface area contributed by atoms with Gasteiger partial charge in [0.25, 0.3) is 5.91 Å². The maximum Gasteiger partial charge on any atom is 0.461 e. The lowest BCUT2D eigenvalue weighted by molar-refractivity contribution is -0.253. The number of pyridine rings is 1. The molecular weight excluding hydrogens is 414 g/mol. The first-order valence-electron chi connectivity index (χ1n) is 8.57. The summed E-state index contributed by atoms with van der Waals surface area (Å²) in [4.78, 5) is 18.6. The molecule has 1 aromatic heterocycles. The maximum absolute atomic E-state index is 12.9. The third-order valence-electron chi connectivity index (χ3n) is 4.16. The van der Waals surface area contributed by atoms with Crippen molar-refractivity contribution in [3.8, 4) is 5.75 Å². The number of halogens is 5. The molecule has 3 rings (SSSR count). The maximum atomic E-state index is 12.9. The van der Waals surface area contributed by atoms with Gasteiger partial charge in [-0.2, -0.15) is 17.6 Å². The second kappa shape index (κ2) is 8.69. The van der Waals surface area contributed by atoms with Crippen LogP contribution in [0.4, 0.5) is 29.1 Å². The molecule has 154 valence electrons. The fraction of sp³-hybridized carbons (Fsp3) is 0.263. The van der Waals surface area contributed by atoms with Gasteiger partial charge >= 0.3 is 12.5 Å². The van der Waals surface area contributed by atoms with Gasteiger partial charge in [-0.3, -0.25) is 4.79 Å². The van der Waals surface area contributed by atoms with E-state index in [1.807, 2.05) is 4.90 Å². The van der Waals surface area contributed by atoms with Crippen molar-refractivity contribution >= 4 is 29.0 Å². The molecule has 2 aromatic rings. The summed E-state index contributed by atoms with van der Waals surface area (Å²) in [7, 11) is 0. The average Bonchev–Trinajstić information content (AvgIpc) is 2.69. The summed E-state index contributed by atoms with van der Waals surface area (Å²) in [6.45, 7) is 1.00. The van der Waals surface area contributed by atoms with Crippen LogP contribution >= 0.6 is 11.6 Å². The Labute approximate surface area is 168 Å². The fourth-order valence-electron chi connectivity index (χ4n) is 2.70. The van der Waals surface area contributed by atoms with Crippen molar-refractivity contribution in [2.45, 2.75) is 19.0 Å². The quantitative estimate of drug-likeness (QED) is 0.673. The van der Waals surface area contributed by atoms with Crippen molar-refractivity contribution in [3.05, 3.63) is 59.3 Å². The molecule has 10 heteroatoms. The predicted octanol–water partition coefficient (Wildman–Crippen LogP) is 4.75. The third-order valence-corrected chi connectivity index (χ3v) is 4.45. The van der Waals surface area contributed by atoms with E-state index in [0.717, 1.165) is 12.1 Å². The lowest BCUT2D eigenvalue weighted by Gasteiger charge is -2.27. The summed E-state index contributed by atoms with van der Waals surface area (Å²) in [5.74, 6) is -0.141. The number of carbonyl (C=O) groups excluding carboxylic acids is 1. The predicted molar refractivity (Wildman–Crippen MR) is 101 cm³/mol. The third kappa shape index (κ3) is 5.17. The molecule has 29 heavy (non-hydrogen) atoms. The van der Waals surface area contributed by atoms with Crippen LogP contribution in [0.15, 0.2) is 54.2 Å². The number of benzene rings is 1. The summed E-state index contributed by atoms with van der Waals surface area (Å²) in [6, 6.07) is 8.20. The number of carbonyl (C=O) groups is 1. The number of nitrogens with one attached hydrogen (secondary N) is 1. The summed E-state index contributed by atoms with van der Waals surface area (Å²) in [5, 5.41) is 3.15. The van der Waals surface area contributed by atoms with Crippen LogP contribution in [0.5, 0.6) is 5.75 Å². The SMILES string of the molecule is O=C(Nc1ccc(OC(F)(F)C(F)F)cc1)C1=CCN(c2ncccc2Cl)CC1. The van der Waals surface area contributed by atoms with Gasteiger partial charge in [0.2, 0.25) is 0 Å². The second-order valence-corrected chi connectivity index (χ2v) is 6.58. The minimum absolute atomic E-state index is 0.318. The molecule has 0 atom stereocenters. The molecule has 1 amide bonds. The minimum Gasteiger partial charge on any atom is -0.428 e. The molecule has 2 heterocycles. The number of ether oxygens (including phenoxy) is 1. The molecule has 0 saturated heterocycles. The Hall–Kier alpha value is -2.81. The van der Waals surface area contributed by atoms with Gasteiger partial charge in [-0.05, 0) is 42.8 Å². The first kappa shape index (κ1) is 20.9. The van der Waals surface area contributed by atoms with Gasteiger partial charge in [-0.1, -0.05) is 17.7 Å². The van der Waals surface area contributed by atoms with Gasteiger partial charge in [-0.15, -0.1) is 0 Å². The summed E-state index contributed by atoms with van der Waals surface area (Å²) >= 11 is 6.13. The molecule has 0 saturated carbocycles. The topological polar surface area (TPSA) is 54.5 Å². The van der Waals surface area contributed by atoms with E-state index in [1.165, 1.54) is 12.1 Å². The first-order valence-corrected chi connectivity index (χ1v) is 8.95. The minimum atomic E-state index is -4.58. The normalized spacial score (nSPS) is 14.6. The highest BCUT2D eigenvalue weighted by molar-refractivity contribution is 6.32. The zero-order valence-electron chi connectivity index (χ0n) is 14.9.